The molecule has 0 aliphatic carbocycles. The molecule has 0 spiro atoms. The summed E-state index contributed by atoms with van der Waals surface area (Å²) in [6.45, 7) is 6.52. The molecule has 5 heteroatoms. The Hall–Kier alpha value is -2.48. The van der Waals surface area contributed by atoms with Crippen molar-refractivity contribution in [3.8, 4) is 11.8 Å². The molecule has 0 atom stereocenters. The zero-order valence-electron chi connectivity index (χ0n) is 15.3. The Labute approximate surface area is 159 Å². The van der Waals surface area contributed by atoms with E-state index in [2.05, 4.69) is 44.6 Å². The van der Waals surface area contributed by atoms with Gasteiger partial charge in [-0.15, -0.1) is 0 Å². The molecule has 2 heterocycles. The number of halogens is 1. The molecule has 0 amide bonds. The number of rotatable bonds is 4. The second-order valence-electron chi connectivity index (χ2n) is 6.12. The molecule has 1 aliphatic heterocycles. The first-order chi connectivity index (χ1) is 12.6. The topological polar surface area (TPSA) is 30.3 Å². The van der Waals surface area contributed by atoms with Gasteiger partial charge in [-0.2, -0.15) is 0 Å². The highest BCUT2D eigenvalue weighted by atomic mass is 35.5. The maximum Gasteiger partial charge on any atom is 0.135 e. The number of aromatic nitrogens is 2. The van der Waals surface area contributed by atoms with E-state index < -0.39 is 0 Å². The first-order valence-electron chi connectivity index (χ1n) is 8.53. The van der Waals surface area contributed by atoms with Crippen molar-refractivity contribution in [2.45, 2.75) is 13.8 Å². The third-order valence-corrected chi connectivity index (χ3v) is 4.49. The Morgan fingerprint density at radius 3 is 2.81 bits per heavy atom. The van der Waals surface area contributed by atoms with Gasteiger partial charge in [0.1, 0.15) is 11.5 Å². The van der Waals surface area contributed by atoms with E-state index in [0.29, 0.717) is 5.02 Å². The first kappa shape index (κ1) is 18.3. The number of methoxy groups -OCH3 is 1. The molecule has 0 bridgehead atoms. The van der Waals surface area contributed by atoms with Gasteiger partial charge in [0.2, 0.25) is 0 Å². The van der Waals surface area contributed by atoms with E-state index in [9.17, 15) is 0 Å². The lowest BCUT2D eigenvalue weighted by atomic mass is 10.2. The molecule has 3 rings (SSSR count). The van der Waals surface area contributed by atoms with Crippen LogP contribution in [0.15, 0.2) is 42.6 Å². The summed E-state index contributed by atoms with van der Waals surface area (Å²) >= 11 is 6.02. The van der Waals surface area contributed by atoms with Crippen LogP contribution in [0.4, 0.5) is 0 Å². The number of nitrogens with zero attached hydrogens (tertiary/aromatic N) is 3. The van der Waals surface area contributed by atoms with E-state index in [0.717, 1.165) is 48.2 Å². The highest BCUT2D eigenvalue weighted by Gasteiger charge is 2.14. The fraction of sp³-hybridized carbons (Fsp3) is 0.286. The molecule has 0 saturated heterocycles. The molecule has 2 aromatic rings. The molecule has 0 saturated carbocycles. The average Bonchev–Trinajstić information content (AvgIpc) is 2.92. The molecule has 1 aromatic carbocycles. The van der Waals surface area contributed by atoms with Crippen LogP contribution in [0.1, 0.15) is 22.8 Å². The Balaban J connectivity index is 1.82. The lowest BCUT2D eigenvalue weighted by Gasteiger charge is -2.23. The van der Waals surface area contributed by atoms with Gasteiger partial charge in [0.05, 0.1) is 12.3 Å². The van der Waals surface area contributed by atoms with Gasteiger partial charge < -0.3 is 14.2 Å². The summed E-state index contributed by atoms with van der Waals surface area (Å²) in [6.07, 6.45) is 6.41. The molecule has 4 nitrogen and oxygen atoms in total. The van der Waals surface area contributed by atoms with Crippen LogP contribution in [0.2, 0.25) is 5.02 Å². The molecule has 0 radical (unpaired) electrons. The van der Waals surface area contributed by atoms with Gasteiger partial charge >= 0.3 is 0 Å². The van der Waals surface area contributed by atoms with Crippen LogP contribution in [0.3, 0.4) is 0 Å². The summed E-state index contributed by atoms with van der Waals surface area (Å²) < 4.78 is 7.28. The number of imidazole rings is 1. The van der Waals surface area contributed by atoms with Crippen molar-refractivity contribution in [1.82, 2.24) is 14.5 Å². The number of aryl methyl sites for hydroxylation is 1. The second kappa shape index (κ2) is 8.27. The van der Waals surface area contributed by atoms with Crippen molar-refractivity contribution < 1.29 is 4.74 Å². The maximum absolute atomic E-state index is 6.02. The van der Waals surface area contributed by atoms with Crippen LogP contribution < -0.4 is 0 Å². The molecule has 26 heavy (non-hydrogen) atoms. The van der Waals surface area contributed by atoms with Gasteiger partial charge in [-0.1, -0.05) is 23.6 Å². The van der Waals surface area contributed by atoms with Crippen LogP contribution in [-0.4, -0.2) is 41.3 Å². The van der Waals surface area contributed by atoms with Gasteiger partial charge in [-0.3, -0.25) is 0 Å². The molecule has 134 valence electrons. The van der Waals surface area contributed by atoms with E-state index in [1.165, 1.54) is 0 Å². The predicted molar refractivity (Wildman–Crippen MR) is 106 cm³/mol. The monoisotopic (exact) mass is 367 g/mol. The largest absolute Gasteiger partial charge is 0.383 e. The van der Waals surface area contributed by atoms with Crippen LogP contribution in [0, 0.1) is 25.7 Å². The van der Waals surface area contributed by atoms with Crippen molar-refractivity contribution in [1.29, 1.82) is 0 Å². The summed E-state index contributed by atoms with van der Waals surface area (Å²) in [5, 5.41) is 0.686. The third kappa shape index (κ3) is 4.19. The Morgan fingerprint density at radius 2 is 2.12 bits per heavy atom. The fourth-order valence-corrected chi connectivity index (χ4v) is 3.09. The van der Waals surface area contributed by atoms with E-state index in [1.807, 2.05) is 38.1 Å². The van der Waals surface area contributed by atoms with Gasteiger partial charge in [-0.05, 0) is 50.1 Å². The molecule has 1 aromatic heterocycles. The van der Waals surface area contributed by atoms with Gasteiger partial charge in [0.25, 0.3) is 0 Å². The van der Waals surface area contributed by atoms with E-state index in [4.69, 9.17) is 16.3 Å². The zero-order chi connectivity index (χ0) is 18.5. The minimum atomic E-state index is 0.686. The third-order valence-electron chi connectivity index (χ3n) is 4.26. The highest BCUT2D eigenvalue weighted by Crippen LogP contribution is 2.20. The van der Waals surface area contributed by atoms with E-state index in [1.54, 1.807) is 7.11 Å². The average molecular weight is 368 g/mol. The van der Waals surface area contributed by atoms with Gasteiger partial charge in [-0.25, -0.2) is 4.98 Å². The molecule has 0 N–H and O–H groups in total. The number of benzene rings is 1. The van der Waals surface area contributed by atoms with Crippen LogP contribution in [0.5, 0.6) is 0 Å². The van der Waals surface area contributed by atoms with Crippen LogP contribution in [0.25, 0.3) is 5.70 Å². The van der Waals surface area contributed by atoms with Crippen molar-refractivity contribution in [2.24, 2.45) is 0 Å². The molecular weight excluding hydrogens is 346 g/mol. The molecular formula is C21H22ClN3O. The zero-order valence-corrected chi connectivity index (χ0v) is 16.0. The lowest BCUT2D eigenvalue weighted by Crippen LogP contribution is -2.24. The standard InChI is InChI=1S/C21H22ClN3O/c1-16-21(8-7-18-5-4-6-19(22)15-18)23-17(2)25(16)20-9-11-24(12-10-20)13-14-26-3/h4-6,9-11,15H,12-14H2,1-3H3. The number of allylic oxidation sites excluding steroid dienone is 2. The number of hydrogen-bond donors (Lipinski definition) is 0. The predicted octanol–water partition coefficient (Wildman–Crippen LogP) is 3.87. The van der Waals surface area contributed by atoms with Gasteiger partial charge in [0.15, 0.2) is 0 Å². The molecule has 0 unspecified atom stereocenters. The van der Waals surface area contributed by atoms with E-state index >= 15 is 0 Å². The minimum absolute atomic E-state index is 0.686. The summed E-state index contributed by atoms with van der Waals surface area (Å²) in [5.74, 6) is 7.25. The Bertz CT molecular complexity index is 915. The van der Waals surface area contributed by atoms with E-state index in [-0.39, 0.29) is 0 Å². The van der Waals surface area contributed by atoms with Crippen LogP contribution in [-0.2, 0) is 4.74 Å². The maximum atomic E-state index is 6.02. The second-order valence-corrected chi connectivity index (χ2v) is 6.56. The summed E-state index contributed by atoms with van der Waals surface area (Å²) in [4.78, 5) is 6.86. The van der Waals surface area contributed by atoms with Crippen molar-refractivity contribution in [2.75, 3.05) is 26.8 Å². The minimum Gasteiger partial charge on any atom is -0.383 e. The quantitative estimate of drug-likeness (QED) is 0.768. The number of ether oxygens (including phenoxy) is 1. The first-order valence-corrected chi connectivity index (χ1v) is 8.91. The normalized spacial score (nSPS) is 13.4. The molecule has 1 aliphatic rings. The van der Waals surface area contributed by atoms with Gasteiger partial charge in [0, 0.05) is 42.7 Å². The Kier molecular flexibility index (Phi) is 5.82. The Morgan fingerprint density at radius 1 is 1.27 bits per heavy atom. The fourth-order valence-electron chi connectivity index (χ4n) is 2.90. The van der Waals surface area contributed by atoms with Crippen molar-refractivity contribution in [3.05, 3.63) is 70.4 Å². The highest BCUT2D eigenvalue weighted by molar-refractivity contribution is 6.30. The van der Waals surface area contributed by atoms with Crippen molar-refractivity contribution in [3.63, 3.8) is 0 Å². The summed E-state index contributed by atoms with van der Waals surface area (Å²) in [7, 11) is 1.72. The van der Waals surface area contributed by atoms with Crippen molar-refractivity contribution >= 4 is 17.3 Å². The SMILES string of the molecule is COCCN1C=CC(n2c(C)nc(C#Cc3cccc(Cl)c3)c2C)=CC1. The smallest absolute Gasteiger partial charge is 0.135 e. The van der Waals surface area contributed by atoms with Crippen LogP contribution >= 0.6 is 11.6 Å². The lowest BCUT2D eigenvalue weighted by molar-refractivity contribution is 0.173. The summed E-state index contributed by atoms with van der Waals surface area (Å²) in [6, 6.07) is 7.54. The summed E-state index contributed by atoms with van der Waals surface area (Å²) in [5.41, 5.74) is 3.84. The molecule has 0 fully saturated rings. The number of hydrogen-bond acceptors (Lipinski definition) is 3.